The standard InChI is InChI=1S/C19H23NO4/c21-19(14-22-13-17-8-4-5-11-23-17)20-12-16-9-10-18(24-16)15-6-2-1-3-7-15/h1-3,6-7,9-10,17H,4-5,8,11-14H2,(H,20,21). The summed E-state index contributed by atoms with van der Waals surface area (Å²) in [6.07, 6.45) is 3.43. The largest absolute Gasteiger partial charge is 0.459 e. The van der Waals surface area contributed by atoms with Crippen molar-refractivity contribution in [2.45, 2.75) is 31.9 Å². The highest BCUT2D eigenvalue weighted by molar-refractivity contribution is 5.77. The Balaban J connectivity index is 1.38. The smallest absolute Gasteiger partial charge is 0.246 e. The Morgan fingerprint density at radius 1 is 1.17 bits per heavy atom. The Morgan fingerprint density at radius 3 is 2.83 bits per heavy atom. The Morgan fingerprint density at radius 2 is 2.04 bits per heavy atom. The third kappa shape index (κ3) is 4.94. The topological polar surface area (TPSA) is 60.7 Å². The molecular weight excluding hydrogens is 306 g/mol. The molecule has 1 saturated heterocycles. The van der Waals surface area contributed by atoms with E-state index in [0.717, 1.165) is 36.5 Å². The molecule has 0 saturated carbocycles. The molecule has 5 heteroatoms. The second-order valence-corrected chi connectivity index (χ2v) is 5.91. The number of amides is 1. The van der Waals surface area contributed by atoms with Crippen LogP contribution >= 0.6 is 0 Å². The molecular formula is C19H23NO4. The molecule has 1 N–H and O–H groups in total. The average Bonchev–Trinajstić information content (AvgIpc) is 3.11. The van der Waals surface area contributed by atoms with Crippen molar-refractivity contribution >= 4 is 5.91 Å². The molecule has 1 aliphatic rings. The first-order valence-electron chi connectivity index (χ1n) is 8.41. The average molecular weight is 329 g/mol. The summed E-state index contributed by atoms with van der Waals surface area (Å²) < 4.78 is 16.7. The zero-order valence-corrected chi connectivity index (χ0v) is 13.7. The van der Waals surface area contributed by atoms with Gasteiger partial charge < -0.3 is 19.2 Å². The van der Waals surface area contributed by atoms with E-state index in [2.05, 4.69) is 5.32 Å². The van der Waals surface area contributed by atoms with E-state index < -0.39 is 0 Å². The molecule has 2 heterocycles. The lowest BCUT2D eigenvalue weighted by molar-refractivity contribution is -0.128. The molecule has 1 amide bonds. The monoisotopic (exact) mass is 329 g/mol. The molecule has 3 rings (SSSR count). The summed E-state index contributed by atoms with van der Waals surface area (Å²) >= 11 is 0. The van der Waals surface area contributed by atoms with Crippen LogP contribution in [0, 0.1) is 0 Å². The molecule has 0 aliphatic carbocycles. The molecule has 1 aromatic heterocycles. The Hall–Kier alpha value is -2.11. The predicted molar refractivity (Wildman–Crippen MR) is 90.4 cm³/mol. The first kappa shape index (κ1) is 16.7. The van der Waals surface area contributed by atoms with Crippen molar-refractivity contribution in [3.05, 3.63) is 48.2 Å². The lowest BCUT2D eigenvalue weighted by Crippen LogP contribution is -2.30. The van der Waals surface area contributed by atoms with Crippen LogP contribution in [-0.4, -0.2) is 31.8 Å². The fourth-order valence-electron chi connectivity index (χ4n) is 2.69. The highest BCUT2D eigenvalue weighted by atomic mass is 16.5. The van der Waals surface area contributed by atoms with E-state index in [9.17, 15) is 4.79 Å². The number of carbonyl (C=O) groups excluding carboxylic acids is 1. The van der Waals surface area contributed by atoms with Crippen molar-refractivity contribution in [3.63, 3.8) is 0 Å². The lowest BCUT2D eigenvalue weighted by atomic mass is 10.1. The normalized spacial score (nSPS) is 17.6. The maximum absolute atomic E-state index is 11.8. The van der Waals surface area contributed by atoms with E-state index in [4.69, 9.17) is 13.9 Å². The van der Waals surface area contributed by atoms with E-state index in [1.165, 1.54) is 6.42 Å². The van der Waals surface area contributed by atoms with Gasteiger partial charge in [-0.15, -0.1) is 0 Å². The molecule has 0 bridgehead atoms. The van der Waals surface area contributed by atoms with Crippen molar-refractivity contribution in [1.29, 1.82) is 0 Å². The molecule has 1 fully saturated rings. The summed E-state index contributed by atoms with van der Waals surface area (Å²) in [5.74, 6) is 1.37. The summed E-state index contributed by atoms with van der Waals surface area (Å²) in [6.45, 7) is 1.68. The Kier molecular flexibility index (Phi) is 6.04. The van der Waals surface area contributed by atoms with Crippen molar-refractivity contribution in [3.8, 4) is 11.3 Å². The van der Waals surface area contributed by atoms with Gasteiger partial charge in [-0.25, -0.2) is 0 Å². The van der Waals surface area contributed by atoms with Gasteiger partial charge in [-0.3, -0.25) is 4.79 Å². The highest BCUT2D eigenvalue weighted by Crippen LogP contribution is 2.21. The minimum absolute atomic E-state index is 0.0477. The quantitative estimate of drug-likeness (QED) is 0.848. The lowest BCUT2D eigenvalue weighted by Gasteiger charge is -2.22. The van der Waals surface area contributed by atoms with Crippen LogP contribution in [0.2, 0.25) is 0 Å². The molecule has 1 atom stereocenters. The van der Waals surface area contributed by atoms with E-state index in [1.807, 2.05) is 42.5 Å². The number of rotatable bonds is 7. The fraction of sp³-hybridized carbons (Fsp3) is 0.421. The fourth-order valence-corrected chi connectivity index (χ4v) is 2.69. The third-order valence-electron chi connectivity index (χ3n) is 3.99. The summed E-state index contributed by atoms with van der Waals surface area (Å²) in [5, 5.41) is 2.80. The third-order valence-corrected chi connectivity index (χ3v) is 3.99. The van der Waals surface area contributed by atoms with Gasteiger partial charge in [0.2, 0.25) is 5.91 Å². The van der Waals surface area contributed by atoms with Gasteiger partial charge in [-0.2, -0.15) is 0 Å². The van der Waals surface area contributed by atoms with Gasteiger partial charge in [0, 0.05) is 12.2 Å². The van der Waals surface area contributed by atoms with Gasteiger partial charge in [0.15, 0.2) is 0 Å². The molecule has 0 spiro atoms. The van der Waals surface area contributed by atoms with Crippen molar-refractivity contribution in [2.24, 2.45) is 0 Å². The molecule has 5 nitrogen and oxygen atoms in total. The van der Waals surface area contributed by atoms with Crippen LogP contribution in [0.25, 0.3) is 11.3 Å². The summed E-state index contributed by atoms with van der Waals surface area (Å²) in [5.41, 5.74) is 1.02. The molecule has 24 heavy (non-hydrogen) atoms. The van der Waals surface area contributed by atoms with Crippen LogP contribution in [0.5, 0.6) is 0 Å². The number of carbonyl (C=O) groups is 1. The summed E-state index contributed by atoms with van der Waals surface area (Å²) in [4.78, 5) is 11.8. The van der Waals surface area contributed by atoms with Crippen LogP contribution in [0.1, 0.15) is 25.0 Å². The molecule has 0 radical (unpaired) electrons. The minimum atomic E-state index is -0.150. The Bertz CT molecular complexity index is 632. The SMILES string of the molecule is O=C(COCC1CCCCO1)NCc1ccc(-c2ccccc2)o1. The summed E-state index contributed by atoms with van der Waals surface area (Å²) in [6, 6.07) is 13.7. The predicted octanol–water partition coefficient (Wildman–Crippen LogP) is 3.15. The molecule has 1 unspecified atom stereocenters. The first-order chi connectivity index (χ1) is 11.8. The van der Waals surface area contributed by atoms with Crippen LogP contribution in [0.3, 0.4) is 0 Å². The van der Waals surface area contributed by atoms with Gasteiger partial charge >= 0.3 is 0 Å². The van der Waals surface area contributed by atoms with Gasteiger partial charge in [0.25, 0.3) is 0 Å². The van der Waals surface area contributed by atoms with Gasteiger partial charge in [0.05, 0.1) is 19.3 Å². The molecule has 1 aromatic carbocycles. The second-order valence-electron chi connectivity index (χ2n) is 5.91. The highest BCUT2D eigenvalue weighted by Gasteiger charge is 2.14. The first-order valence-corrected chi connectivity index (χ1v) is 8.41. The zero-order valence-electron chi connectivity index (χ0n) is 13.7. The molecule has 128 valence electrons. The van der Waals surface area contributed by atoms with Crippen LogP contribution < -0.4 is 5.32 Å². The van der Waals surface area contributed by atoms with Crippen LogP contribution in [0.4, 0.5) is 0 Å². The second kappa shape index (κ2) is 8.66. The maximum atomic E-state index is 11.8. The van der Waals surface area contributed by atoms with E-state index in [1.54, 1.807) is 0 Å². The minimum Gasteiger partial charge on any atom is -0.459 e. The Labute approximate surface area is 141 Å². The number of ether oxygens (including phenoxy) is 2. The van der Waals surface area contributed by atoms with Gasteiger partial charge in [-0.05, 0) is 31.4 Å². The molecule has 2 aromatic rings. The van der Waals surface area contributed by atoms with Gasteiger partial charge in [-0.1, -0.05) is 30.3 Å². The number of nitrogens with one attached hydrogen (secondary N) is 1. The maximum Gasteiger partial charge on any atom is 0.246 e. The van der Waals surface area contributed by atoms with Crippen molar-refractivity contribution in [1.82, 2.24) is 5.32 Å². The van der Waals surface area contributed by atoms with E-state index in [0.29, 0.717) is 13.2 Å². The number of hydrogen-bond donors (Lipinski definition) is 1. The van der Waals surface area contributed by atoms with Crippen LogP contribution in [-0.2, 0) is 20.8 Å². The van der Waals surface area contributed by atoms with Crippen LogP contribution in [0.15, 0.2) is 46.9 Å². The number of furan rings is 1. The number of hydrogen-bond acceptors (Lipinski definition) is 4. The van der Waals surface area contributed by atoms with Crippen molar-refractivity contribution in [2.75, 3.05) is 19.8 Å². The zero-order chi connectivity index (χ0) is 16.6. The molecule has 1 aliphatic heterocycles. The van der Waals surface area contributed by atoms with Crippen molar-refractivity contribution < 1.29 is 18.7 Å². The van der Waals surface area contributed by atoms with E-state index >= 15 is 0 Å². The number of benzene rings is 1. The van der Waals surface area contributed by atoms with Gasteiger partial charge in [0.1, 0.15) is 18.1 Å². The van der Waals surface area contributed by atoms with E-state index in [-0.39, 0.29) is 18.6 Å². The summed E-state index contributed by atoms with van der Waals surface area (Å²) in [7, 11) is 0.